The van der Waals surface area contributed by atoms with E-state index >= 15 is 0 Å². The van der Waals surface area contributed by atoms with Crippen LogP contribution in [0.15, 0.2) is 35.5 Å². The highest BCUT2D eigenvalue weighted by molar-refractivity contribution is 6.01. The van der Waals surface area contributed by atoms with Crippen LogP contribution >= 0.6 is 0 Å². The Morgan fingerprint density at radius 1 is 1.14 bits per heavy atom. The lowest BCUT2D eigenvalue weighted by atomic mass is 9.96. The third kappa shape index (κ3) is 3.62. The first kappa shape index (κ1) is 18.9. The van der Waals surface area contributed by atoms with Crippen molar-refractivity contribution in [1.29, 1.82) is 0 Å². The highest BCUT2D eigenvalue weighted by Crippen LogP contribution is 2.35. The topological polar surface area (TPSA) is 65.1 Å². The summed E-state index contributed by atoms with van der Waals surface area (Å²) in [5.41, 5.74) is 2.02. The normalized spacial score (nSPS) is 23.3. The summed E-state index contributed by atoms with van der Waals surface area (Å²) in [4.78, 5) is 31.1. The summed E-state index contributed by atoms with van der Waals surface area (Å²) < 4.78 is 18.7. The number of rotatable bonds is 5. The zero-order chi connectivity index (χ0) is 19.7. The summed E-state index contributed by atoms with van der Waals surface area (Å²) >= 11 is 0. The van der Waals surface area contributed by atoms with Crippen LogP contribution in [0, 0.1) is 5.82 Å². The van der Waals surface area contributed by atoms with Gasteiger partial charge in [0.2, 0.25) is 0 Å². The Morgan fingerprint density at radius 2 is 1.86 bits per heavy atom. The Labute approximate surface area is 163 Å². The van der Waals surface area contributed by atoms with Gasteiger partial charge in [0.25, 0.3) is 5.91 Å². The molecule has 4 rings (SSSR count). The fourth-order valence-corrected chi connectivity index (χ4v) is 4.02. The van der Waals surface area contributed by atoms with E-state index in [0.29, 0.717) is 24.2 Å². The summed E-state index contributed by atoms with van der Waals surface area (Å²) in [5.74, 6) is -0.405. The number of halogens is 1. The van der Waals surface area contributed by atoms with Crippen molar-refractivity contribution in [2.75, 3.05) is 53.0 Å². The molecular formula is C20H25FN4O3. The molecule has 1 atom stereocenters. The second kappa shape index (κ2) is 7.89. The van der Waals surface area contributed by atoms with E-state index < -0.39 is 6.04 Å². The summed E-state index contributed by atoms with van der Waals surface area (Å²) in [6, 6.07) is 5.13. The quantitative estimate of drug-likeness (QED) is 0.827. The van der Waals surface area contributed by atoms with Crippen LogP contribution in [0.3, 0.4) is 0 Å². The van der Waals surface area contributed by atoms with Crippen molar-refractivity contribution in [2.45, 2.75) is 12.5 Å². The molecule has 28 heavy (non-hydrogen) atoms. The van der Waals surface area contributed by atoms with Crippen LogP contribution in [0.1, 0.15) is 18.0 Å². The van der Waals surface area contributed by atoms with Gasteiger partial charge >= 0.3 is 6.03 Å². The smallest absolute Gasteiger partial charge is 0.322 e. The molecule has 8 heteroatoms. The van der Waals surface area contributed by atoms with Gasteiger partial charge in [0, 0.05) is 33.2 Å². The van der Waals surface area contributed by atoms with Gasteiger partial charge in [-0.1, -0.05) is 12.1 Å². The van der Waals surface area contributed by atoms with E-state index in [1.165, 1.54) is 17.0 Å². The molecule has 1 fully saturated rings. The van der Waals surface area contributed by atoms with Crippen LogP contribution < -0.4 is 5.32 Å². The van der Waals surface area contributed by atoms with Gasteiger partial charge in [-0.05, 0) is 24.1 Å². The van der Waals surface area contributed by atoms with Gasteiger partial charge in [-0.15, -0.1) is 0 Å². The average molecular weight is 388 g/mol. The number of carbonyl (C=O) groups excluding carboxylic acids is 2. The number of likely N-dealkylation sites (N-methyl/N-ethyl adjacent to an activating group) is 1. The van der Waals surface area contributed by atoms with Gasteiger partial charge < -0.3 is 15.0 Å². The largest absolute Gasteiger partial charge is 0.379 e. The molecule has 3 heterocycles. The molecule has 1 unspecified atom stereocenters. The van der Waals surface area contributed by atoms with Crippen molar-refractivity contribution in [3.8, 4) is 0 Å². The number of nitrogens with zero attached hydrogens (tertiary/aromatic N) is 3. The number of carbonyl (C=O) groups is 2. The number of benzene rings is 1. The average Bonchev–Trinajstić information content (AvgIpc) is 3.03. The molecule has 0 radical (unpaired) electrons. The van der Waals surface area contributed by atoms with E-state index in [9.17, 15) is 14.0 Å². The Bertz CT molecular complexity index is 789. The van der Waals surface area contributed by atoms with Crippen LogP contribution in [-0.4, -0.2) is 79.6 Å². The number of nitrogens with one attached hydrogen (secondary N) is 1. The molecule has 1 saturated heterocycles. The molecule has 0 bridgehead atoms. The van der Waals surface area contributed by atoms with Crippen LogP contribution in [0.25, 0.3) is 0 Å². The van der Waals surface area contributed by atoms with Gasteiger partial charge in [-0.3, -0.25) is 14.6 Å². The highest BCUT2D eigenvalue weighted by atomic mass is 19.1. The monoisotopic (exact) mass is 388 g/mol. The zero-order valence-corrected chi connectivity index (χ0v) is 16.0. The van der Waals surface area contributed by atoms with Crippen molar-refractivity contribution in [2.24, 2.45) is 0 Å². The lowest BCUT2D eigenvalue weighted by Crippen LogP contribution is -2.45. The van der Waals surface area contributed by atoms with E-state index in [1.54, 1.807) is 24.1 Å². The molecule has 7 nitrogen and oxygen atoms in total. The molecular weight excluding hydrogens is 363 g/mol. The highest BCUT2D eigenvalue weighted by Gasteiger charge is 2.42. The van der Waals surface area contributed by atoms with E-state index in [-0.39, 0.29) is 17.8 Å². The Balaban J connectivity index is 1.47. The Kier molecular flexibility index (Phi) is 5.32. The standard InChI is InChI=1S/C20H25FN4O3/c1-23-16-13-25(8-2-7-24-9-11-28-12-10-24)19(26)17(16)18(22-20(23)27)14-3-5-15(21)6-4-14/h3-6,18H,2,7-13H2,1H3,(H,22,27). The second-order valence-corrected chi connectivity index (χ2v) is 7.39. The minimum Gasteiger partial charge on any atom is -0.379 e. The molecule has 0 aromatic heterocycles. The molecule has 3 aliphatic heterocycles. The number of amides is 3. The third-order valence-corrected chi connectivity index (χ3v) is 5.64. The van der Waals surface area contributed by atoms with Crippen molar-refractivity contribution >= 4 is 11.9 Å². The van der Waals surface area contributed by atoms with Gasteiger partial charge in [0.05, 0.1) is 37.1 Å². The fraction of sp³-hybridized carbons (Fsp3) is 0.500. The van der Waals surface area contributed by atoms with Crippen molar-refractivity contribution < 1.29 is 18.7 Å². The van der Waals surface area contributed by atoms with Crippen LogP contribution in [0.5, 0.6) is 0 Å². The van der Waals surface area contributed by atoms with Crippen molar-refractivity contribution in [3.05, 3.63) is 46.9 Å². The Hall–Kier alpha value is -2.45. The fourth-order valence-electron chi connectivity index (χ4n) is 4.02. The van der Waals surface area contributed by atoms with E-state index in [1.807, 2.05) is 0 Å². The van der Waals surface area contributed by atoms with Crippen LogP contribution in [-0.2, 0) is 9.53 Å². The molecule has 0 saturated carbocycles. The first-order chi connectivity index (χ1) is 13.5. The molecule has 0 spiro atoms. The van der Waals surface area contributed by atoms with Gasteiger partial charge in [-0.2, -0.15) is 0 Å². The van der Waals surface area contributed by atoms with Gasteiger partial charge in [0.15, 0.2) is 0 Å². The number of ether oxygens (including phenoxy) is 1. The zero-order valence-electron chi connectivity index (χ0n) is 16.0. The van der Waals surface area contributed by atoms with E-state index in [0.717, 1.165) is 45.0 Å². The maximum Gasteiger partial charge on any atom is 0.322 e. The minimum absolute atomic E-state index is 0.0573. The predicted octanol–water partition coefficient (Wildman–Crippen LogP) is 1.34. The molecule has 0 aliphatic carbocycles. The van der Waals surface area contributed by atoms with Crippen molar-refractivity contribution in [3.63, 3.8) is 0 Å². The first-order valence-electron chi connectivity index (χ1n) is 9.66. The summed E-state index contributed by atoms with van der Waals surface area (Å²) in [6.45, 7) is 5.37. The predicted molar refractivity (Wildman–Crippen MR) is 101 cm³/mol. The minimum atomic E-state index is -0.545. The molecule has 1 aromatic carbocycles. The van der Waals surface area contributed by atoms with E-state index in [4.69, 9.17) is 4.74 Å². The Morgan fingerprint density at radius 3 is 2.57 bits per heavy atom. The number of urea groups is 1. The van der Waals surface area contributed by atoms with Crippen molar-refractivity contribution in [1.82, 2.24) is 20.0 Å². The lowest BCUT2D eigenvalue weighted by molar-refractivity contribution is -0.125. The van der Waals surface area contributed by atoms with Gasteiger partial charge in [-0.25, -0.2) is 9.18 Å². The number of hydrogen-bond donors (Lipinski definition) is 1. The van der Waals surface area contributed by atoms with Crippen LogP contribution in [0.4, 0.5) is 9.18 Å². The molecule has 3 amide bonds. The third-order valence-electron chi connectivity index (χ3n) is 5.64. The molecule has 1 aromatic rings. The van der Waals surface area contributed by atoms with Gasteiger partial charge in [0.1, 0.15) is 5.82 Å². The van der Waals surface area contributed by atoms with Crippen LogP contribution in [0.2, 0.25) is 0 Å². The summed E-state index contributed by atoms with van der Waals surface area (Å²) in [6.07, 6.45) is 0.874. The lowest BCUT2D eigenvalue weighted by Gasteiger charge is -2.31. The molecule has 150 valence electrons. The SMILES string of the molecule is CN1C(=O)NC(c2ccc(F)cc2)C2=C1CN(CCCN1CCOCC1)C2=O. The molecule has 1 N–H and O–H groups in total. The summed E-state index contributed by atoms with van der Waals surface area (Å²) in [7, 11) is 1.68. The second-order valence-electron chi connectivity index (χ2n) is 7.39. The number of morpholine rings is 1. The maximum absolute atomic E-state index is 13.3. The van der Waals surface area contributed by atoms with E-state index in [2.05, 4.69) is 10.2 Å². The maximum atomic E-state index is 13.3. The summed E-state index contributed by atoms with van der Waals surface area (Å²) in [5, 5.41) is 2.87. The number of hydrogen-bond acceptors (Lipinski definition) is 4. The first-order valence-corrected chi connectivity index (χ1v) is 9.66. The molecule has 3 aliphatic rings.